The van der Waals surface area contributed by atoms with Gasteiger partial charge >= 0.3 is 0 Å². The van der Waals surface area contributed by atoms with Crippen molar-refractivity contribution in [2.45, 2.75) is 44.0 Å². The maximum absolute atomic E-state index is 4.70. The maximum Gasteiger partial charge on any atom is 0.133 e. The zero-order chi connectivity index (χ0) is 13.9. The van der Waals surface area contributed by atoms with Crippen LogP contribution >= 0.6 is 27.7 Å². The van der Waals surface area contributed by atoms with E-state index in [2.05, 4.69) is 50.9 Å². The Labute approximate surface area is 134 Å². The molecule has 2 fully saturated rings. The van der Waals surface area contributed by atoms with Crippen molar-refractivity contribution in [1.29, 1.82) is 0 Å². The lowest BCUT2D eigenvalue weighted by atomic mass is 10.2. The summed E-state index contributed by atoms with van der Waals surface area (Å²) in [5, 5.41) is 4.36. The molecule has 0 amide bonds. The predicted octanol–water partition coefficient (Wildman–Crippen LogP) is 3.43. The summed E-state index contributed by atoms with van der Waals surface area (Å²) in [7, 11) is 0. The van der Waals surface area contributed by atoms with Crippen molar-refractivity contribution in [3.63, 3.8) is 0 Å². The highest BCUT2D eigenvalue weighted by atomic mass is 79.9. The molecule has 0 radical (unpaired) electrons. The number of anilines is 1. The number of nitrogens with zero attached hydrogens (tertiary/aromatic N) is 2. The van der Waals surface area contributed by atoms with E-state index in [1.54, 1.807) is 0 Å². The number of hydrogen-bond acceptors (Lipinski definition) is 4. The third-order valence-corrected chi connectivity index (χ3v) is 5.77. The van der Waals surface area contributed by atoms with Gasteiger partial charge in [0.05, 0.1) is 0 Å². The fraction of sp³-hybridized carbons (Fsp3) is 0.667. The fourth-order valence-electron chi connectivity index (χ4n) is 2.59. The van der Waals surface area contributed by atoms with Crippen LogP contribution in [0.3, 0.4) is 0 Å². The molecule has 110 valence electrons. The second-order valence-corrected chi connectivity index (χ2v) is 7.96. The summed E-state index contributed by atoms with van der Waals surface area (Å²) < 4.78 is 1.08. The zero-order valence-corrected chi connectivity index (χ0v) is 14.3. The van der Waals surface area contributed by atoms with Crippen molar-refractivity contribution in [3.8, 4) is 0 Å². The number of thioether (sulfide) groups is 1. The molecule has 2 heterocycles. The Hall–Kier alpha value is -0.260. The highest BCUT2D eigenvalue weighted by molar-refractivity contribution is 9.10. The van der Waals surface area contributed by atoms with Crippen LogP contribution in [0.5, 0.6) is 0 Å². The molecule has 20 heavy (non-hydrogen) atoms. The smallest absolute Gasteiger partial charge is 0.133 e. The number of halogens is 1. The van der Waals surface area contributed by atoms with Crippen LogP contribution in [0.2, 0.25) is 0 Å². The van der Waals surface area contributed by atoms with Crippen LogP contribution in [0.4, 0.5) is 5.82 Å². The van der Waals surface area contributed by atoms with Crippen LogP contribution in [0, 0.1) is 0 Å². The zero-order valence-electron chi connectivity index (χ0n) is 11.9. The lowest BCUT2D eigenvalue weighted by Gasteiger charge is -2.34. The molecule has 3 nitrogen and oxygen atoms in total. The minimum Gasteiger partial charge on any atom is -0.354 e. The van der Waals surface area contributed by atoms with E-state index in [0.29, 0.717) is 0 Å². The SMILES string of the molecule is CCC1CN(c2ncc(Br)cc2CNC2CC2)CCS1. The van der Waals surface area contributed by atoms with Gasteiger partial charge in [-0.05, 0) is 41.3 Å². The summed E-state index contributed by atoms with van der Waals surface area (Å²) in [4.78, 5) is 7.17. The van der Waals surface area contributed by atoms with Crippen LogP contribution in [0.1, 0.15) is 31.7 Å². The molecule has 0 aromatic carbocycles. The van der Waals surface area contributed by atoms with Gasteiger partial charge in [0.25, 0.3) is 0 Å². The van der Waals surface area contributed by atoms with Gasteiger partial charge in [-0.25, -0.2) is 4.98 Å². The standard InChI is InChI=1S/C15H22BrN3S/c1-2-14-10-19(5-6-20-14)15-11(7-12(16)9-18-15)8-17-13-3-4-13/h7,9,13-14,17H,2-6,8,10H2,1H3. The van der Waals surface area contributed by atoms with Gasteiger partial charge in [0.1, 0.15) is 5.82 Å². The lowest BCUT2D eigenvalue weighted by molar-refractivity contribution is 0.672. The molecular formula is C15H22BrN3S. The van der Waals surface area contributed by atoms with Crippen molar-refractivity contribution >= 4 is 33.5 Å². The van der Waals surface area contributed by atoms with E-state index < -0.39 is 0 Å². The van der Waals surface area contributed by atoms with E-state index >= 15 is 0 Å². The van der Waals surface area contributed by atoms with E-state index in [1.807, 2.05) is 6.20 Å². The normalized spacial score (nSPS) is 23.1. The van der Waals surface area contributed by atoms with Gasteiger partial charge in [-0.15, -0.1) is 0 Å². The molecular weight excluding hydrogens is 334 g/mol. The summed E-state index contributed by atoms with van der Waals surface area (Å²) in [6, 6.07) is 2.96. The Balaban J connectivity index is 1.75. The van der Waals surface area contributed by atoms with E-state index in [0.717, 1.165) is 35.4 Å². The first-order valence-electron chi connectivity index (χ1n) is 7.50. The van der Waals surface area contributed by atoms with E-state index in [1.165, 1.54) is 36.4 Å². The van der Waals surface area contributed by atoms with Crippen molar-refractivity contribution < 1.29 is 0 Å². The third kappa shape index (κ3) is 3.68. The van der Waals surface area contributed by atoms with Gasteiger partial charge in [0.15, 0.2) is 0 Å². The quantitative estimate of drug-likeness (QED) is 0.875. The molecule has 0 spiro atoms. The lowest BCUT2D eigenvalue weighted by Crippen LogP contribution is -2.39. The van der Waals surface area contributed by atoms with Gasteiger partial charge in [0, 0.05) is 52.9 Å². The van der Waals surface area contributed by atoms with Crippen molar-refractivity contribution in [2.75, 3.05) is 23.7 Å². The van der Waals surface area contributed by atoms with E-state index in [4.69, 9.17) is 4.98 Å². The Morgan fingerprint density at radius 3 is 3.10 bits per heavy atom. The number of nitrogens with one attached hydrogen (secondary N) is 1. The van der Waals surface area contributed by atoms with Crippen molar-refractivity contribution in [3.05, 3.63) is 22.3 Å². The highest BCUT2D eigenvalue weighted by Crippen LogP contribution is 2.29. The Kier molecular flexibility index (Phi) is 4.89. The number of rotatable bonds is 5. The molecule has 1 saturated carbocycles. The second kappa shape index (κ2) is 6.67. The molecule has 2 aliphatic rings. The van der Waals surface area contributed by atoms with Crippen LogP contribution in [0.15, 0.2) is 16.7 Å². The number of aromatic nitrogens is 1. The number of pyridine rings is 1. The Morgan fingerprint density at radius 1 is 1.50 bits per heavy atom. The predicted molar refractivity (Wildman–Crippen MR) is 90.5 cm³/mol. The summed E-state index contributed by atoms with van der Waals surface area (Å²) >= 11 is 5.66. The molecule has 1 aliphatic heterocycles. The van der Waals surface area contributed by atoms with Gasteiger partial charge in [-0.1, -0.05) is 6.92 Å². The molecule has 1 atom stereocenters. The van der Waals surface area contributed by atoms with Gasteiger partial charge in [-0.3, -0.25) is 0 Å². The van der Waals surface area contributed by atoms with Crippen molar-refractivity contribution in [2.24, 2.45) is 0 Å². The summed E-state index contributed by atoms with van der Waals surface area (Å²) in [6.07, 6.45) is 5.83. The monoisotopic (exact) mass is 355 g/mol. The largest absolute Gasteiger partial charge is 0.354 e. The topological polar surface area (TPSA) is 28.2 Å². The average Bonchev–Trinajstić information content (AvgIpc) is 3.29. The van der Waals surface area contributed by atoms with Crippen LogP contribution < -0.4 is 10.2 Å². The molecule has 1 N–H and O–H groups in total. The third-order valence-electron chi connectivity index (χ3n) is 3.96. The van der Waals surface area contributed by atoms with Gasteiger partial charge in [0.2, 0.25) is 0 Å². The highest BCUT2D eigenvalue weighted by Gasteiger charge is 2.24. The minimum atomic E-state index is 0.738. The maximum atomic E-state index is 4.70. The molecule has 5 heteroatoms. The molecule has 0 bridgehead atoms. The summed E-state index contributed by atoms with van der Waals surface area (Å²) in [5.74, 6) is 2.39. The van der Waals surface area contributed by atoms with Crippen LogP contribution in [-0.2, 0) is 6.54 Å². The fourth-order valence-corrected chi connectivity index (χ4v) is 4.15. The Morgan fingerprint density at radius 2 is 2.35 bits per heavy atom. The molecule has 1 aliphatic carbocycles. The molecule has 1 aromatic heterocycles. The summed E-state index contributed by atoms with van der Waals surface area (Å²) in [6.45, 7) is 5.47. The minimum absolute atomic E-state index is 0.738. The molecule has 1 aromatic rings. The van der Waals surface area contributed by atoms with Gasteiger partial charge < -0.3 is 10.2 Å². The Bertz CT molecular complexity index is 464. The second-order valence-electron chi connectivity index (χ2n) is 5.64. The molecule has 1 unspecified atom stereocenters. The first-order chi connectivity index (χ1) is 9.76. The van der Waals surface area contributed by atoms with E-state index in [9.17, 15) is 0 Å². The van der Waals surface area contributed by atoms with Crippen molar-refractivity contribution in [1.82, 2.24) is 10.3 Å². The average molecular weight is 356 g/mol. The number of hydrogen-bond donors (Lipinski definition) is 1. The van der Waals surface area contributed by atoms with Gasteiger partial charge in [-0.2, -0.15) is 11.8 Å². The first kappa shape index (κ1) is 14.7. The van der Waals surface area contributed by atoms with E-state index in [-0.39, 0.29) is 0 Å². The molecule has 1 saturated heterocycles. The van der Waals surface area contributed by atoms with Crippen LogP contribution in [-0.4, -0.2) is 35.1 Å². The first-order valence-corrected chi connectivity index (χ1v) is 9.34. The molecule has 3 rings (SSSR count). The van der Waals surface area contributed by atoms with Crippen LogP contribution in [0.25, 0.3) is 0 Å². The summed E-state index contributed by atoms with van der Waals surface area (Å²) in [5.41, 5.74) is 1.33.